The quantitative estimate of drug-likeness (QED) is 0.813. The van der Waals surface area contributed by atoms with E-state index in [2.05, 4.69) is 13.8 Å². The number of ether oxygens (including phenoxy) is 1. The van der Waals surface area contributed by atoms with Crippen LogP contribution in [0.5, 0.6) is 0 Å². The molecule has 0 bridgehead atoms. The van der Waals surface area contributed by atoms with E-state index in [0.717, 1.165) is 37.5 Å². The first-order chi connectivity index (χ1) is 8.40. The van der Waals surface area contributed by atoms with Gasteiger partial charge in [-0.1, -0.05) is 13.8 Å². The molecule has 0 aliphatic heterocycles. The lowest BCUT2D eigenvalue weighted by Gasteiger charge is -2.40. The minimum absolute atomic E-state index is 0.00816. The fourth-order valence-electron chi connectivity index (χ4n) is 2.58. The van der Waals surface area contributed by atoms with Crippen LogP contribution in [0.25, 0.3) is 0 Å². The normalized spacial score (nSPS) is 28.4. The first-order valence-corrected chi connectivity index (χ1v) is 6.94. The minimum Gasteiger partial charge on any atom is -0.364 e. The Balaban J connectivity index is 2.48. The Bertz CT molecular complexity index is 269. The van der Waals surface area contributed by atoms with Gasteiger partial charge in [-0.25, -0.2) is 0 Å². The zero-order valence-electron chi connectivity index (χ0n) is 12.2. The van der Waals surface area contributed by atoms with Crippen LogP contribution in [0.3, 0.4) is 0 Å². The van der Waals surface area contributed by atoms with Gasteiger partial charge < -0.3 is 15.4 Å². The van der Waals surface area contributed by atoms with Crippen molar-refractivity contribution in [3.63, 3.8) is 0 Å². The summed E-state index contributed by atoms with van der Waals surface area (Å²) >= 11 is 0. The lowest BCUT2D eigenvalue weighted by atomic mass is 9.74. The maximum atomic E-state index is 11.6. The second-order valence-electron chi connectivity index (χ2n) is 6.05. The number of carbonyl (C=O) groups excluding carboxylic acids is 1. The van der Waals surface area contributed by atoms with E-state index in [1.807, 2.05) is 0 Å². The highest BCUT2D eigenvalue weighted by molar-refractivity contribution is 5.76. The number of hydrogen-bond acceptors (Lipinski definition) is 3. The highest BCUT2D eigenvalue weighted by Gasteiger charge is 2.36. The van der Waals surface area contributed by atoms with Crippen LogP contribution in [-0.2, 0) is 9.53 Å². The van der Waals surface area contributed by atoms with Crippen molar-refractivity contribution in [1.82, 2.24) is 4.90 Å². The molecule has 1 aliphatic carbocycles. The second-order valence-corrected chi connectivity index (χ2v) is 6.05. The molecule has 2 N–H and O–H groups in total. The van der Waals surface area contributed by atoms with Crippen molar-refractivity contribution in [2.45, 2.75) is 45.1 Å². The molecule has 1 amide bonds. The molecule has 1 rings (SSSR count). The Kier molecular flexibility index (Phi) is 5.60. The van der Waals surface area contributed by atoms with E-state index in [1.54, 1.807) is 19.0 Å². The van der Waals surface area contributed by atoms with Crippen LogP contribution in [-0.4, -0.2) is 43.7 Å². The van der Waals surface area contributed by atoms with E-state index in [1.165, 1.54) is 0 Å². The van der Waals surface area contributed by atoms with E-state index in [0.29, 0.717) is 6.54 Å². The van der Waals surface area contributed by atoms with E-state index in [4.69, 9.17) is 10.5 Å². The fraction of sp³-hybridized carbons (Fsp3) is 0.929. The minimum atomic E-state index is -0.267. The highest BCUT2D eigenvalue weighted by atomic mass is 16.5. The molecule has 0 aromatic rings. The molecule has 106 valence electrons. The van der Waals surface area contributed by atoms with Gasteiger partial charge in [0.15, 0.2) is 0 Å². The summed E-state index contributed by atoms with van der Waals surface area (Å²) in [4.78, 5) is 13.1. The Morgan fingerprint density at radius 3 is 2.33 bits per heavy atom. The molecular weight excluding hydrogens is 228 g/mol. The summed E-state index contributed by atoms with van der Waals surface area (Å²) in [7, 11) is 3.49. The summed E-state index contributed by atoms with van der Waals surface area (Å²) in [5.74, 6) is 1.51. The van der Waals surface area contributed by atoms with Gasteiger partial charge in [0, 0.05) is 20.6 Å². The number of nitrogens with two attached hydrogens (primary N) is 1. The zero-order valence-corrected chi connectivity index (χ0v) is 12.2. The molecule has 4 heteroatoms. The molecule has 1 saturated carbocycles. The smallest absolute Gasteiger partial charge is 0.248 e. The van der Waals surface area contributed by atoms with Gasteiger partial charge in [0.25, 0.3) is 0 Å². The predicted molar refractivity (Wildman–Crippen MR) is 73.2 cm³/mol. The van der Waals surface area contributed by atoms with Crippen LogP contribution >= 0.6 is 0 Å². The number of nitrogens with zero attached hydrogens (tertiary/aromatic N) is 1. The third kappa shape index (κ3) is 3.95. The lowest BCUT2D eigenvalue weighted by molar-refractivity contribution is -0.144. The van der Waals surface area contributed by atoms with Gasteiger partial charge in [0.05, 0.1) is 5.60 Å². The van der Waals surface area contributed by atoms with Crippen molar-refractivity contribution in [2.24, 2.45) is 17.6 Å². The molecule has 4 nitrogen and oxygen atoms in total. The van der Waals surface area contributed by atoms with Crippen LogP contribution in [0, 0.1) is 11.8 Å². The molecule has 0 radical (unpaired) electrons. The van der Waals surface area contributed by atoms with Gasteiger partial charge in [-0.3, -0.25) is 4.79 Å². The van der Waals surface area contributed by atoms with Gasteiger partial charge in [-0.2, -0.15) is 0 Å². The van der Waals surface area contributed by atoms with Crippen molar-refractivity contribution in [3.8, 4) is 0 Å². The zero-order chi connectivity index (χ0) is 13.8. The van der Waals surface area contributed by atoms with E-state index in [-0.39, 0.29) is 18.1 Å². The average Bonchev–Trinajstić information content (AvgIpc) is 2.36. The fourth-order valence-corrected chi connectivity index (χ4v) is 2.58. The number of rotatable bonds is 5. The maximum absolute atomic E-state index is 11.6. The molecule has 18 heavy (non-hydrogen) atoms. The molecule has 1 aliphatic rings. The Morgan fingerprint density at radius 2 is 1.94 bits per heavy atom. The SMILES string of the molecule is CC(C)C1CCC(CN)(OCC(=O)N(C)C)CC1. The molecular formula is C14H28N2O2. The molecule has 1 fully saturated rings. The Morgan fingerprint density at radius 1 is 1.39 bits per heavy atom. The molecule has 0 heterocycles. The summed E-state index contributed by atoms with van der Waals surface area (Å²) in [6.45, 7) is 5.21. The van der Waals surface area contributed by atoms with Crippen molar-refractivity contribution in [1.29, 1.82) is 0 Å². The van der Waals surface area contributed by atoms with Crippen LogP contribution in [0.15, 0.2) is 0 Å². The Labute approximate surface area is 111 Å². The summed E-state index contributed by atoms with van der Waals surface area (Å²) < 4.78 is 5.85. The van der Waals surface area contributed by atoms with Gasteiger partial charge >= 0.3 is 0 Å². The maximum Gasteiger partial charge on any atom is 0.248 e. The molecule has 0 aromatic heterocycles. The average molecular weight is 256 g/mol. The number of amides is 1. The third-order valence-electron chi connectivity index (χ3n) is 4.26. The summed E-state index contributed by atoms with van der Waals surface area (Å²) in [5, 5.41) is 0. The van der Waals surface area contributed by atoms with E-state index >= 15 is 0 Å². The Hall–Kier alpha value is -0.610. The predicted octanol–water partition coefficient (Wildman–Crippen LogP) is 1.63. The second kappa shape index (κ2) is 6.53. The number of hydrogen-bond donors (Lipinski definition) is 1. The topological polar surface area (TPSA) is 55.6 Å². The molecule has 0 aromatic carbocycles. The largest absolute Gasteiger partial charge is 0.364 e. The van der Waals surface area contributed by atoms with E-state index in [9.17, 15) is 4.79 Å². The summed E-state index contributed by atoms with van der Waals surface area (Å²) in [5.41, 5.74) is 5.61. The molecule has 0 saturated heterocycles. The number of carbonyl (C=O) groups is 1. The van der Waals surface area contributed by atoms with Gasteiger partial charge in [0.1, 0.15) is 6.61 Å². The first-order valence-electron chi connectivity index (χ1n) is 6.94. The molecule has 0 spiro atoms. The van der Waals surface area contributed by atoms with Crippen molar-refractivity contribution >= 4 is 5.91 Å². The van der Waals surface area contributed by atoms with Crippen LogP contribution in [0.4, 0.5) is 0 Å². The first kappa shape index (κ1) is 15.4. The van der Waals surface area contributed by atoms with Crippen molar-refractivity contribution in [3.05, 3.63) is 0 Å². The molecule has 0 atom stereocenters. The van der Waals surface area contributed by atoms with E-state index < -0.39 is 0 Å². The van der Waals surface area contributed by atoms with Gasteiger partial charge in [-0.15, -0.1) is 0 Å². The lowest BCUT2D eigenvalue weighted by Crippen LogP contribution is -2.46. The van der Waals surface area contributed by atoms with Crippen molar-refractivity contribution in [2.75, 3.05) is 27.2 Å². The van der Waals surface area contributed by atoms with Crippen molar-refractivity contribution < 1.29 is 9.53 Å². The third-order valence-corrected chi connectivity index (χ3v) is 4.26. The van der Waals surface area contributed by atoms with Gasteiger partial charge in [-0.05, 0) is 37.5 Å². The summed E-state index contributed by atoms with van der Waals surface area (Å²) in [6.07, 6.45) is 4.27. The monoisotopic (exact) mass is 256 g/mol. The highest BCUT2D eigenvalue weighted by Crippen LogP contribution is 2.37. The summed E-state index contributed by atoms with van der Waals surface area (Å²) in [6, 6.07) is 0. The van der Waals surface area contributed by atoms with Crippen LogP contribution < -0.4 is 5.73 Å². The van der Waals surface area contributed by atoms with Gasteiger partial charge in [0.2, 0.25) is 5.91 Å². The van der Waals surface area contributed by atoms with Crippen LogP contribution in [0.1, 0.15) is 39.5 Å². The van der Waals surface area contributed by atoms with Crippen LogP contribution in [0.2, 0.25) is 0 Å². The molecule has 0 unspecified atom stereocenters. The number of likely N-dealkylation sites (N-methyl/N-ethyl adjacent to an activating group) is 1. The standard InChI is InChI=1S/C14H28N2O2/c1-11(2)12-5-7-14(10-15,8-6-12)18-9-13(17)16(3)4/h11-12H,5-10,15H2,1-4H3.